The van der Waals surface area contributed by atoms with Crippen molar-refractivity contribution in [1.29, 1.82) is 0 Å². The van der Waals surface area contributed by atoms with Gasteiger partial charge in [-0.3, -0.25) is 14.9 Å². The number of hydrogen-bond acceptors (Lipinski definition) is 5. The van der Waals surface area contributed by atoms with Crippen molar-refractivity contribution < 1.29 is 14.3 Å². The van der Waals surface area contributed by atoms with Crippen molar-refractivity contribution in [1.82, 2.24) is 15.1 Å². The Balaban J connectivity index is 1.83. The van der Waals surface area contributed by atoms with Crippen molar-refractivity contribution >= 4 is 29.0 Å². The number of para-hydroxylation sites is 1. The minimum Gasteiger partial charge on any atom is -0.493 e. The number of benzene rings is 2. The highest BCUT2D eigenvalue weighted by atomic mass is 32.2. The normalized spacial score (nSPS) is 14.9. The fourth-order valence-electron chi connectivity index (χ4n) is 3.48. The summed E-state index contributed by atoms with van der Waals surface area (Å²) in [5.74, 6) is 0.766. The predicted molar refractivity (Wildman–Crippen MR) is 128 cm³/mol. The third-order valence-electron chi connectivity index (χ3n) is 5.06. The lowest BCUT2D eigenvalue weighted by Crippen LogP contribution is -2.17. The number of amides is 2. The van der Waals surface area contributed by atoms with E-state index in [1.807, 2.05) is 48.7 Å². The van der Waals surface area contributed by atoms with Crippen LogP contribution >= 0.6 is 11.8 Å². The number of carbonyl (C=O) groups excluding carboxylic acids is 2. The third kappa shape index (κ3) is 4.62. The molecule has 0 radical (unpaired) electrons. The predicted octanol–water partition coefficient (Wildman–Crippen LogP) is 5.78. The molecule has 1 aliphatic heterocycles. The molecule has 4 rings (SSSR count). The molecule has 0 unspecified atom stereocenters. The Labute approximate surface area is 191 Å². The Morgan fingerprint density at radius 3 is 2.59 bits per heavy atom. The van der Waals surface area contributed by atoms with Gasteiger partial charge in [0, 0.05) is 17.3 Å². The Hall–Kier alpha value is -3.32. The third-order valence-corrected chi connectivity index (χ3v) is 5.87. The second-order valence-electron chi connectivity index (χ2n) is 7.82. The second kappa shape index (κ2) is 9.44. The summed E-state index contributed by atoms with van der Waals surface area (Å²) in [6, 6.07) is 15.9. The van der Waals surface area contributed by atoms with Crippen LogP contribution in [0, 0.1) is 0 Å². The van der Waals surface area contributed by atoms with Gasteiger partial charge in [0.05, 0.1) is 17.2 Å². The molecule has 3 aromatic rings. The number of nitrogens with zero attached hydrogens (tertiary/aromatic N) is 2. The first-order chi connectivity index (χ1) is 15.5. The van der Waals surface area contributed by atoms with Crippen molar-refractivity contribution in [2.75, 3.05) is 6.61 Å². The molecular weight excluding hydrogens is 422 g/mol. The van der Waals surface area contributed by atoms with Crippen LogP contribution in [0.15, 0.2) is 59.6 Å². The van der Waals surface area contributed by atoms with E-state index in [2.05, 4.69) is 32.2 Å². The molecule has 1 fully saturated rings. The molecule has 1 aliphatic rings. The number of aromatic nitrogens is 2. The first-order valence-electron chi connectivity index (χ1n) is 10.6. The van der Waals surface area contributed by atoms with Crippen LogP contribution < -0.4 is 10.1 Å². The van der Waals surface area contributed by atoms with Crippen LogP contribution in [0.5, 0.6) is 5.75 Å². The number of carbonyl (C=O) groups is 2. The van der Waals surface area contributed by atoms with E-state index < -0.39 is 0 Å². The van der Waals surface area contributed by atoms with Crippen LogP contribution in [0.1, 0.15) is 44.2 Å². The van der Waals surface area contributed by atoms with Gasteiger partial charge in [0.15, 0.2) is 0 Å². The molecule has 7 heteroatoms. The van der Waals surface area contributed by atoms with Gasteiger partial charge in [0.2, 0.25) is 0 Å². The molecule has 0 aliphatic carbocycles. The lowest BCUT2D eigenvalue weighted by Gasteiger charge is -2.15. The summed E-state index contributed by atoms with van der Waals surface area (Å²) in [5.41, 5.74) is 4.43. The average molecular weight is 448 g/mol. The molecule has 0 spiro atoms. The van der Waals surface area contributed by atoms with Crippen molar-refractivity contribution in [3.63, 3.8) is 0 Å². The Bertz CT molecular complexity index is 1180. The van der Waals surface area contributed by atoms with Crippen molar-refractivity contribution in [3.05, 3.63) is 70.8 Å². The van der Waals surface area contributed by atoms with Gasteiger partial charge in [-0.1, -0.05) is 39.0 Å². The van der Waals surface area contributed by atoms with E-state index >= 15 is 0 Å². The Kier molecular flexibility index (Phi) is 6.46. The standard InChI is InChI=1S/C25H25N3O3S/c1-4-12-31-21-11-10-17(13-20(21)16(2)3)23-18(14-22-24(29)26-25(30)32-22)15-28(27-23)19-8-6-5-7-9-19/h5-11,13-16H,4,12H2,1-3H3,(H,26,29,30)/b22-14-. The van der Waals surface area contributed by atoms with Crippen LogP contribution in [0.3, 0.4) is 0 Å². The van der Waals surface area contributed by atoms with Crippen molar-refractivity contribution in [2.24, 2.45) is 0 Å². The summed E-state index contributed by atoms with van der Waals surface area (Å²) < 4.78 is 7.73. The summed E-state index contributed by atoms with van der Waals surface area (Å²) in [6.07, 6.45) is 4.55. The van der Waals surface area contributed by atoms with Gasteiger partial charge in [0.25, 0.3) is 11.1 Å². The average Bonchev–Trinajstić information content (AvgIpc) is 3.35. The molecule has 0 saturated carbocycles. The molecule has 2 amide bonds. The monoisotopic (exact) mass is 447 g/mol. The van der Waals surface area contributed by atoms with Crippen LogP contribution in [0.25, 0.3) is 23.0 Å². The van der Waals surface area contributed by atoms with Crippen LogP contribution in [-0.2, 0) is 4.79 Å². The number of rotatable bonds is 7. The lowest BCUT2D eigenvalue weighted by atomic mass is 9.97. The molecule has 0 atom stereocenters. The van der Waals surface area contributed by atoms with E-state index in [1.54, 1.807) is 10.8 Å². The zero-order valence-corrected chi connectivity index (χ0v) is 19.1. The van der Waals surface area contributed by atoms with Gasteiger partial charge in [-0.2, -0.15) is 5.10 Å². The number of hydrogen-bond donors (Lipinski definition) is 1. The highest BCUT2D eigenvalue weighted by molar-refractivity contribution is 8.18. The molecule has 1 saturated heterocycles. The zero-order valence-electron chi connectivity index (χ0n) is 18.3. The maximum absolute atomic E-state index is 12.1. The Morgan fingerprint density at radius 2 is 1.94 bits per heavy atom. The van der Waals surface area contributed by atoms with E-state index in [1.165, 1.54) is 0 Å². The SMILES string of the molecule is CCCOc1ccc(-c2nn(-c3ccccc3)cc2/C=C2\SC(=O)NC2=O)cc1C(C)C. The minimum atomic E-state index is -0.385. The maximum Gasteiger partial charge on any atom is 0.290 e. The summed E-state index contributed by atoms with van der Waals surface area (Å²) >= 11 is 0.902. The first kappa shape index (κ1) is 21.9. The van der Waals surface area contributed by atoms with Gasteiger partial charge < -0.3 is 4.74 Å². The van der Waals surface area contributed by atoms with E-state index in [9.17, 15) is 9.59 Å². The molecule has 6 nitrogen and oxygen atoms in total. The molecule has 32 heavy (non-hydrogen) atoms. The summed E-state index contributed by atoms with van der Waals surface area (Å²) in [7, 11) is 0. The maximum atomic E-state index is 12.1. The van der Waals surface area contributed by atoms with Crippen LogP contribution in [0.4, 0.5) is 4.79 Å². The summed E-state index contributed by atoms with van der Waals surface area (Å²) in [4.78, 5) is 24.1. The molecule has 1 N–H and O–H groups in total. The van der Waals surface area contributed by atoms with E-state index in [0.717, 1.165) is 52.0 Å². The largest absolute Gasteiger partial charge is 0.493 e. The van der Waals surface area contributed by atoms with E-state index in [-0.39, 0.29) is 17.1 Å². The number of nitrogens with one attached hydrogen (secondary N) is 1. The molecule has 0 bridgehead atoms. The number of imide groups is 1. The van der Waals surface area contributed by atoms with Crippen molar-refractivity contribution in [2.45, 2.75) is 33.1 Å². The number of thioether (sulfide) groups is 1. The van der Waals surface area contributed by atoms with Crippen LogP contribution in [-0.4, -0.2) is 27.5 Å². The zero-order chi connectivity index (χ0) is 22.7. The minimum absolute atomic E-state index is 0.272. The summed E-state index contributed by atoms with van der Waals surface area (Å²) in [6.45, 7) is 7.02. The molecule has 164 valence electrons. The fraction of sp³-hybridized carbons (Fsp3) is 0.240. The van der Waals surface area contributed by atoms with E-state index in [4.69, 9.17) is 9.84 Å². The molecule has 2 aromatic carbocycles. The highest BCUT2D eigenvalue weighted by Gasteiger charge is 2.26. The fourth-order valence-corrected chi connectivity index (χ4v) is 4.16. The molecule has 2 heterocycles. The van der Waals surface area contributed by atoms with Gasteiger partial charge in [-0.15, -0.1) is 0 Å². The summed E-state index contributed by atoms with van der Waals surface area (Å²) in [5, 5.41) is 6.78. The topological polar surface area (TPSA) is 73.2 Å². The highest BCUT2D eigenvalue weighted by Crippen LogP contribution is 2.35. The quantitative estimate of drug-likeness (QED) is 0.465. The smallest absolute Gasteiger partial charge is 0.290 e. The Morgan fingerprint density at radius 1 is 1.16 bits per heavy atom. The van der Waals surface area contributed by atoms with Gasteiger partial charge >= 0.3 is 0 Å². The molecule has 1 aromatic heterocycles. The van der Waals surface area contributed by atoms with Gasteiger partial charge in [-0.05, 0) is 66.1 Å². The van der Waals surface area contributed by atoms with Crippen LogP contribution in [0.2, 0.25) is 0 Å². The first-order valence-corrected chi connectivity index (χ1v) is 11.4. The molecular formula is C25H25N3O3S. The van der Waals surface area contributed by atoms with Gasteiger partial charge in [-0.25, -0.2) is 4.68 Å². The van der Waals surface area contributed by atoms with Gasteiger partial charge in [0.1, 0.15) is 11.4 Å². The lowest BCUT2D eigenvalue weighted by molar-refractivity contribution is -0.115. The number of ether oxygens (including phenoxy) is 1. The second-order valence-corrected chi connectivity index (χ2v) is 8.84. The van der Waals surface area contributed by atoms with E-state index in [0.29, 0.717) is 11.5 Å². The van der Waals surface area contributed by atoms with Crippen molar-refractivity contribution in [3.8, 4) is 22.7 Å².